The quantitative estimate of drug-likeness (QED) is 0.477. The smallest absolute Gasteiger partial charge is 0.258 e. The lowest BCUT2D eigenvalue weighted by Gasteiger charge is -2.40. The van der Waals surface area contributed by atoms with Crippen LogP contribution in [-0.4, -0.2) is 29.4 Å². The molecular formula is C27H28ClN3O2. The number of rotatable bonds is 5. The predicted octanol–water partition coefficient (Wildman–Crippen LogP) is 5.87. The van der Waals surface area contributed by atoms with Gasteiger partial charge in [-0.3, -0.25) is 14.6 Å². The Morgan fingerprint density at radius 3 is 2.39 bits per heavy atom. The van der Waals surface area contributed by atoms with E-state index in [1.807, 2.05) is 56.3 Å². The number of nitrogens with zero attached hydrogens (tertiary/aromatic N) is 3. The van der Waals surface area contributed by atoms with Crippen LogP contribution in [0.1, 0.15) is 54.6 Å². The van der Waals surface area contributed by atoms with Gasteiger partial charge in [-0.1, -0.05) is 30.7 Å². The minimum atomic E-state index is -0.361. The summed E-state index contributed by atoms with van der Waals surface area (Å²) >= 11 is 6.04. The van der Waals surface area contributed by atoms with Crippen molar-refractivity contribution in [1.82, 2.24) is 4.98 Å². The Hall–Kier alpha value is -3.18. The van der Waals surface area contributed by atoms with E-state index in [0.29, 0.717) is 29.2 Å². The number of aryl methyl sites for hydroxylation is 1. The number of aromatic nitrogens is 1. The van der Waals surface area contributed by atoms with Crippen LogP contribution in [0.4, 0.5) is 11.4 Å². The van der Waals surface area contributed by atoms with Crippen molar-refractivity contribution in [3.05, 3.63) is 88.7 Å². The highest BCUT2D eigenvalue weighted by molar-refractivity contribution is 6.30. The predicted molar refractivity (Wildman–Crippen MR) is 133 cm³/mol. The van der Waals surface area contributed by atoms with Crippen molar-refractivity contribution in [2.75, 3.05) is 16.3 Å². The maximum Gasteiger partial charge on any atom is 0.258 e. The maximum atomic E-state index is 13.7. The molecule has 3 aromatic rings. The van der Waals surface area contributed by atoms with Crippen LogP contribution < -0.4 is 9.80 Å². The van der Waals surface area contributed by atoms with Crippen molar-refractivity contribution in [3.8, 4) is 0 Å². The summed E-state index contributed by atoms with van der Waals surface area (Å²) in [6.07, 6.45) is 4.85. The van der Waals surface area contributed by atoms with Crippen molar-refractivity contribution >= 4 is 34.8 Å². The van der Waals surface area contributed by atoms with E-state index in [1.54, 1.807) is 34.3 Å². The summed E-state index contributed by atoms with van der Waals surface area (Å²) in [6, 6.07) is 16.7. The second-order valence-electron chi connectivity index (χ2n) is 8.36. The minimum Gasteiger partial charge on any atom is -0.312 e. The van der Waals surface area contributed by atoms with Gasteiger partial charge in [-0.2, -0.15) is 0 Å². The van der Waals surface area contributed by atoms with E-state index in [0.717, 1.165) is 17.7 Å². The Balaban J connectivity index is 1.68. The van der Waals surface area contributed by atoms with Gasteiger partial charge in [-0.05, 0) is 80.3 Å². The summed E-state index contributed by atoms with van der Waals surface area (Å²) in [4.78, 5) is 35.0. The fourth-order valence-electron chi connectivity index (χ4n) is 4.54. The van der Waals surface area contributed by atoms with Gasteiger partial charge in [-0.15, -0.1) is 0 Å². The van der Waals surface area contributed by atoms with Crippen LogP contribution in [0.15, 0.2) is 67.0 Å². The van der Waals surface area contributed by atoms with Crippen LogP contribution in [0.5, 0.6) is 0 Å². The van der Waals surface area contributed by atoms with Gasteiger partial charge in [0, 0.05) is 35.1 Å². The molecule has 2 atom stereocenters. The van der Waals surface area contributed by atoms with Gasteiger partial charge in [0.25, 0.3) is 5.91 Å². The van der Waals surface area contributed by atoms with Crippen LogP contribution in [0.2, 0.25) is 5.02 Å². The highest BCUT2D eigenvalue weighted by Crippen LogP contribution is 2.40. The van der Waals surface area contributed by atoms with Gasteiger partial charge < -0.3 is 9.80 Å². The van der Waals surface area contributed by atoms with E-state index in [-0.39, 0.29) is 23.8 Å². The molecule has 2 aromatic carbocycles. The fraction of sp³-hybridized carbons (Fsp3) is 0.296. The molecule has 0 radical (unpaired) electrons. The highest BCUT2D eigenvalue weighted by Gasteiger charge is 2.39. The monoisotopic (exact) mass is 461 g/mol. The van der Waals surface area contributed by atoms with E-state index in [4.69, 9.17) is 11.6 Å². The minimum absolute atomic E-state index is 0.0125. The van der Waals surface area contributed by atoms with E-state index in [9.17, 15) is 9.59 Å². The summed E-state index contributed by atoms with van der Waals surface area (Å²) < 4.78 is 0. The molecule has 0 aliphatic carbocycles. The van der Waals surface area contributed by atoms with E-state index < -0.39 is 0 Å². The average molecular weight is 462 g/mol. The zero-order valence-electron chi connectivity index (χ0n) is 19.2. The van der Waals surface area contributed by atoms with Crippen LogP contribution in [-0.2, 0) is 11.2 Å². The van der Waals surface area contributed by atoms with Gasteiger partial charge in [0.15, 0.2) is 0 Å². The molecule has 4 rings (SSSR count). The largest absolute Gasteiger partial charge is 0.312 e. The topological polar surface area (TPSA) is 53.5 Å². The Kier molecular flexibility index (Phi) is 6.80. The number of pyridine rings is 1. The molecule has 1 aliphatic heterocycles. The molecule has 0 fully saturated rings. The molecular weight excluding hydrogens is 434 g/mol. The average Bonchev–Trinajstić information content (AvgIpc) is 2.84. The van der Waals surface area contributed by atoms with Gasteiger partial charge in [0.2, 0.25) is 5.91 Å². The van der Waals surface area contributed by atoms with Crippen LogP contribution in [0, 0.1) is 0 Å². The fourth-order valence-corrected chi connectivity index (χ4v) is 4.67. The van der Waals surface area contributed by atoms with Crippen molar-refractivity contribution in [3.63, 3.8) is 0 Å². The Morgan fingerprint density at radius 2 is 1.76 bits per heavy atom. The lowest BCUT2D eigenvalue weighted by molar-refractivity contribution is -0.120. The van der Waals surface area contributed by atoms with Crippen molar-refractivity contribution in [2.24, 2.45) is 0 Å². The molecule has 0 N–H and O–H groups in total. The Bertz CT molecular complexity index is 1140. The summed E-state index contributed by atoms with van der Waals surface area (Å²) in [6.45, 7) is 6.58. The number of carbonyl (C=O) groups excluding carboxylic acids is 2. The molecule has 0 saturated carbocycles. The first-order valence-electron chi connectivity index (χ1n) is 11.4. The first-order chi connectivity index (χ1) is 15.9. The normalized spacial score (nSPS) is 17.4. The molecule has 2 heterocycles. The summed E-state index contributed by atoms with van der Waals surface area (Å²) in [7, 11) is 0. The third-order valence-electron chi connectivity index (χ3n) is 6.33. The van der Waals surface area contributed by atoms with E-state index in [2.05, 4.69) is 11.9 Å². The first kappa shape index (κ1) is 23.0. The molecule has 1 aromatic heterocycles. The third kappa shape index (κ3) is 4.51. The lowest BCUT2D eigenvalue weighted by Crippen LogP contribution is -2.47. The maximum absolute atomic E-state index is 13.7. The molecule has 0 unspecified atom stereocenters. The number of hydrogen-bond acceptors (Lipinski definition) is 3. The SMILES string of the molecule is CCc1ccc(C(=O)N2c3cnccc3[C@@H](C(=O)N(CC)c3ccc(Cl)cc3)C[C@@H]2C)cc1. The molecule has 33 heavy (non-hydrogen) atoms. The van der Waals surface area contributed by atoms with Gasteiger partial charge in [-0.25, -0.2) is 0 Å². The number of fused-ring (bicyclic) bond motifs is 1. The number of anilines is 2. The third-order valence-corrected chi connectivity index (χ3v) is 6.58. The Morgan fingerprint density at radius 1 is 1.06 bits per heavy atom. The Labute approximate surface area is 200 Å². The van der Waals surface area contributed by atoms with Crippen LogP contribution in [0.25, 0.3) is 0 Å². The van der Waals surface area contributed by atoms with Crippen molar-refractivity contribution < 1.29 is 9.59 Å². The standard InChI is InChI=1S/C27H28ClN3O2/c1-4-19-6-8-20(9-7-19)26(32)31-18(3)16-24(23-14-15-29-17-25(23)31)27(33)30(5-2)22-12-10-21(28)11-13-22/h6-15,17-18,24H,4-5,16H2,1-3H3/t18-,24-/m0/s1. The molecule has 0 bridgehead atoms. The highest BCUT2D eigenvalue weighted by atomic mass is 35.5. The molecule has 5 nitrogen and oxygen atoms in total. The number of carbonyl (C=O) groups is 2. The molecule has 0 saturated heterocycles. The summed E-state index contributed by atoms with van der Waals surface area (Å²) in [5.41, 5.74) is 4.16. The molecule has 6 heteroatoms. The molecule has 0 spiro atoms. The van der Waals surface area contributed by atoms with E-state index >= 15 is 0 Å². The number of hydrogen-bond donors (Lipinski definition) is 0. The van der Waals surface area contributed by atoms with Crippen LogP contribution in [0.3, 0.4) is 0 Å². The zero-order valence-corrected chi connectivity index (χ0v) is 19.9. The molecule has 170 valence electrons. The van der Waals surface area contributed by atoms with Crippen LogP contribution >= 0.6 is 11.6 Å². The first-order valence-corrected chi connectivity index (χ1v) is 11.8. The van der Waals surface area contributed by atoms with Crippen molar-refractivity contribution in [2.45, 2.75) is 45.6 Å². The number of benzene rings is 2. The number of amides is 2. The number of halogens is 1. The second kappa shape index (κ2) is 9.75. The summed E-state index contributed by atoms with van der Waals surface area (Å²) in [5.74, 6) is -0.422. The number of likely N-dealkylation sites (N-methyl/N-ethyl adjacent to an activating group) is 1. The molecule has 2 amide bonds. The second-order valence-corrected chi connectivity index (χ2v) is 8.79. The van der Waals surface area contributed by atoms with Gasteiger partial charge in [0.05, 0.1) is 17.8 Å². The van der Waals surface area contributed by atoms with Gasteiger partial charge in [0.1, 0.15) is 0 Å². The summed E-state index contributed by atoms with van der Waals surface area (Å²) in [5, 5.41) is 0.631. The van der Waals surface area contributed by atoms with E-state index in [1.165, 1.54) is 5.56 Å². The molecule has 1 aliphatic rings. The van der Waals surface area contributed by atoms with Crippen molar-refractivity contribution in [1.29, 1.82) is 0 Å². The zero-order chi connectivity index (χ0) is 23.5. The lowest BCUT2D eigenvalue weighted by atomic mass is 9.85. The van der Waals surface area contributed by atoms with Gasteiger partial charge >= 0.3 is 0 Å².